The molecule has 6 heavy (non-hydrogen) atoms. The molecule has 6 heteroatoms. The van der Waals surface area contributed by atoms with Crippen molar-refractivity contribution in [2.45, 2.75) is 0 Å². The first-order valence-corrected chi connectivity index (χ1v) is 2.05. The number of hydrogen-bond donors (Lipinski definition) is 1. The fourth-order valence-corrected chi connectivity index (χ4v) is 0. The van der Waals surface area contributed by atoms with Crippen molar-refractivity contribution in [1.29, 1.82) is 0 Å². The molecule has 0 radical (unpaired) electrons. The van der Waals surface area contributed by atoms with Gasteiger partial charge in [0, 0.05) is 39.9 Å². The second-order valence-electron chi connectivity index (χ2n) is 0.428. The summed E-state index contributed by atoms with van der Waals surface area (Å²) >= 11 is 0. The summed E-state index contributed by atoms with van der Waals surface area (Å²) in [7, 11) is -4.92. The summed E-state index contributed by atoms with van der Waals surface area (Å²) < 4.78 is 32.8. The van der Waals surface area contributed by atoms with Gasteiger partial charge in [0.15, 0.2) is 0 Å². The Morgan fingerprint density at radius 1 is 1.50 bits per heavy atom. The molecule has 0 saturated heterocycles. The predicted molar refractivity (Wildman–Crippen MR) is 12.3 cm³/mol. The van der Waals surface area contributed by atoms with Crippen molar-refractivity contribution >= 4 is 10.4 Å². The largest absolute Gasteiger partial charge is 0.726 e. The van der Waals surface area contributed by atoms with Crippen LogP contribution in [0.5, 0.6) is 0 Å². The molecule has 0 amide bonds. The zero-order chi connectivity index (χ0) is 4.50. The molecule has 1 N–H and O–H groups in total. The Hall–Kier alpha value is 1.19. The van der Waals surface area contributed by atoms with E-state index < -0.39 is 10.4 Å². The maximum absolute atomic E-state index is 8.63. The van der Waals surface area contributed by atoms with Gasteiger partial charge in [-0.3, -0.25) is 4.55 Å². The Labute approximate surface area is 67.2 Å². The minimum Gasteiger partial charge on any atom is -0.726 e. The van der Waals surface area contributed by atoms with Gasteiger partial charge in [-0.2, -0.15) is 0 Å². The molecule has 4 nitrogen and oxygen atoms in total. The van der Waals surface area contributed by atoms with Crippen LogP contribution in [0.25, 0.3) is 0 Å². The van der Waals surface area contributed by atoms with E-state index in [2.05, 4.69) is 0 Å². The molecule has 0 unspecified atom stereocenters. The van der Waals surface area contributed by atoms with Gasteiger partial charge < -0.3 is 4.55 Å². The first kappa shape index (κ1) is 10.2. The first-order valence-electron chi connectivity index (χ1n) is 0.683. The molecule has 0 atom stereocenters. The van der Waals surface area contributed by atoms with Crippen LogP contribution in [-0.2, 0) is 10.4 Å². The topological polar surface area (TPSA) is 77.4 Å². The van der Waals surface area contributed by atoms with Crippen LogP contribution in [-0.4, -0.2) is 17.5 Å². The van der Waals surface area contributed by atoms with Crippen LogP contribution < -0.4 is 0 Å². The van der Waals surface area contributed by atoms with Crippen molar-refractivity contribution < 1.29 is 57.5 Å². The molecule has 0 bridgehead atoms. The molecule has 0 aromatic heterocycles. The van der Waals surface area contributed by atoms with Gasteiger partial charge in [0.1, 0.15) is 0 Å². The van der Waals surface area contributed by atoms with Gasteiger partial charge in [0.05, 0.1) is 0 Å². The molecule has 0 aliphatic rings. The Balaban J connectivity index is 0. The van der Waals surface area contributed by atoms with E-state index in [9.17, 15) is 0 Å². The second kappa shape index (κ2) is 3.23. The van der Waals surface area contributed by atoms with Crippen LogP contribution in [0.1, 0.15) is 0 Å². The molecule has 0 aromatic carbocycles. The van der Waals surface area contributed by atoms with Crippen molar-refractivity contribution in [2.75, 3.05) is 0 Å². The van der Waals surface area contributed by atoms with Crippen molar-refractivity contribution in [3.63, 3.8) is 0 Å². The molecule has 0 aliphatic carbocycles. The molecule has 0 heterocycles. The molecule has 0 saturated carbocycles. The minimum atomic E-state index is -4.92. The maximum atomic E-state index is 8.63. The van der Waals surface area contributed by atoms with Gasteiger partial charge in [-0.05, 0) is 0 Å². The molecular formula is HGdO4S-. The van der Waals surface area contributed by atoms with Gasteiger partial charge in [-0.15, -0.1) is 0 Å². The predicted octanol–water partition coefficient (Wildman–Crippen LogP) is -0.995. The van der Waals surface area contributed by atoms with Crippen molar-refractivity contribution in [3.8, 4) is 0 Å². The third-order valence-electron chi connectivity index (χ3n) is 0. The fraction of sp³-hybridized carbons (Fsp3) is 0. The zero-order valence-corrected chi connectivity index (χ0v) is 5.52. The van der Waals surface area contributed by atoms with E-state index in [1.807, 2.05) is 0 Å². The van der Waals surface area contributed by atoms with Gasteiger partial charge >= 0.3 is 0 Å². The van der Waals surface area contributed by atoms with Gasteiger partial charge in [0.2, 0.25) is 10.4 Å². The average Bonchev–Trinajstić information content (AvgIpc) is 0.722. The summed E-state index contributed by atoms with van der Waals surface area (Å²) in [5.41, 5.74) is 0. The Kier molecular flexibility index (Phi) is 5.51. The molecular weight excluding hydrogens is 253 g/mol. The normalized spacial score (nSPS) is 9.67. The summed E-state index contributed by atoms with van der Waals surface area (Å²) in [6, 6.07) is 0. The van der Waals surface area contributed by atoms with Crippen molar-refractivity contribution in [2.24, 2.45) is 0 Å². The van der Waals surface area contributed by atoms with E-state index in [0.717, 1.165) is 0 Å². The van der Waals surface area contributed by atoms with E-state index in [1.165, 1.54) is 0 Å². The molecule has 0 spiro atoms. The SMILES string of the molecule is O=S(=O)([O-])O.[Gd]. The van der Waals surface area contributed by atoms with E-state index in [0.29, 0.717) is 0 Å². The van der Waals surface area contributed by atoms with Crippen LogP contribution in [0.15, 0.2) is 0 Å². The summed E-state index contributed by atoms with van der Waals surface area (Å²) in [6.07, 6.45) is 0. The number of hydrogen-bond acceptors (Lipinski definition) is 3. The van der Waals surface area contributed by atoms with Crippen LogP contribution in [0.2, 0.25) is 0 Å². The van der Waals surface area contributed by atoms with E-state index in [1.54, 1.807) is 0 Å². The molecule has 40 valence electrons. The third-order valence-corrected chi connectivity index (χ3v) is 0. The summed E-state index contributed by atoms with van der Waals surface area (Å²) in [4.78, 5) is 0. The van der Waals surface area contributed by atoms with Gasteiger partial charge in [-0.25, -0.2) is 8.42 Å². The maximum Gasteiger partial charge on any atom is 0.215 e. The van der Waals surface area contributed by atoms with Crippen LogP contribution in [0.4, 0.5) is 0 Å². The van der Waals surface area contributed by atoms with Gasteiger partial charge in [0.25, 0.3) is 0 Å². The Bertz CT molecular complexity index is 90.7. The van der Waals surface area contributed by atoms with Crippen LogP contribution in [0, 0.1) is 39.9 Å². The zero-order valence-electron chi connectivity index (χ0n) is 2.43. The van der Waals surface area contributed by atoms with Crippen molar-refractivity contribution in [1.82, 2.24) is 0 Å². The minimum absolute atomic E-state index is 0. The second-order valence-corrected chi connectivity index (χ2v) is 1.28. The molecule has 0 fully saturated rings. The standard InChI is InChI=1S/Gd.H2O4S/c;1-5(2,3)4/h;(H2,1,2,3,4)/p-1. The molecule has 0 rings (SSSR count). The van der Waals surface area contributed by atoms with Gasteiger partial charge in [-0.1, -0.05) is 0 Å². The van der Waals surface area contributed by atoms with E-state index >= 15 is 0 Å². The van der Waals surface area contributed by atoms with E-state index in [4.69, 9.17) is 17.5 Å². The fourth-order valence-electron chi connectivity index (χ4n) is 0. The monoisotopic (exact) mass is 255 g/mol. The third kappa shape index (κ3) is 64.0. The smallest absolute Gasteiger partial charge is 0.215 e. The molecule has 0 aromatic rings. The number of rotatable bonds is 0. The van der Waals surface area contributed by atoms with E-state index in [-0.39, 0.29) is 39.9 Å². The summed E-state index contributed by atoms with van der Waals surface area (Å²) in [5.74, 6) is 0. The summed E-state index contributed by atoms with van der Waals surface area (Å²) in [5, 5.41) is 0. The summed E-state index contributed by atoms with van der Waals surface area (Å²) in [6.45, 7) is 0. The molecule has 0 aliphatic heterocycles. The Morgan fingerprint density at radius 3 is 1.50 bits per heavy atom. The first-order chi connectivity index (χ1) is 2.00. The van der Waals surface area contributed by atoms with Crippen LogP contribution in [0.3, 0.4) is 0 Å². The van der Waals surface area contributed by atoms with Crippen LogP contribution >= 0.6 is 0 Å². The van der Waals surface area contributed by atoms with Crippen molar-refractivity contribution in [3.05, 3.63) is 0 Å². The quantitative estimate of drug-likeness (QED) is 0.444. The average molecular weight is 254 g/mol. The Morgan fingerprint density at radius 2 is 1.50 bits per heavy atom.